The summed E-state index contributed by atoms with van der Waals surface area (Å²) >= 11 is 0. The summed E-state index contributed by atoms with van der Waals surface area (Å²) in [7, 11) is 0. The highest BCUT2D eigenvalue weighted by atomic mass is 16.3. The summed E-state index contributed by atoms with van der Waals surface area (Å²) in [4.78, 5) is 17.1. The van der Waals surface area contributed by atoms with Gasteiger partial charge in [-0.2, -0.15) is 0 Å². The SMILES string of the molecule is O=C(C1NNC2CCCC21)N1CCN(CC(O)c2ccccc2)CC1. The van der Waals surface area contributed by atoms with E-state index in [9.17, 15) is 9.90 Å². The van der Waals surface area contributed by atoms with Crippen LogP contribution >= 0.6 is 0 Å². The first kappa shape index (κ1) is 17.0. The summed E-state index contributed by atoms with van der Waals surface area (Å²) in [6.45, 7) is 3.76. The fraction of sp³-hybridized carbons (Fsp3) is 0.632. The zero-order chi connectivity index (χ0) is 17.2. The lowest BCUT2D eigenvalue weighted by molar-refractivity contribution is -0.136. The van der Waals surface area contributed by atoms with E-state index in [0.29, 0.717) is 18.5 Å². The van der Waals surface area contributed by atoms with Crippen LogP contribution in [0.1, 0.15) is 30.9 Å². The number of nitrogens with one attached hydrogen (secondary N) is 2. The highest BCUT2D eigenvalue weighted by Crippen LogP contribution is 2.32. The molecule has 0 aromatic heterocycles. The number of piperazine rings is 1. The Balaban J connectivity index is 1.27. The van der Waals surface area contributed by atoms with Gasteiger partial charge in [0.05, 0.1) is 6.10 Å². The normalized spacial score (nSPS) is 31.1. The molecule has 2 aliphatic heterocycles. The van der Waals surface area contributed by atoms with Gasteiger partial charge < -0.3 is 10.0 Å². The summed E-state index contributed by atoms with van der Waals surface area (Å²) in [5.74, 6) is 0.690. The van der Waals surface area contributed by atoms with Crippen LogP contribution < -0.4 is 10.9 Å². The Morgan fingerprint density at radius 1 is 1.12 bits per heavy atom. The largest absolute Gasteiger partial charge is 0.387 e. The van der Waals surface area contributed by atoms with Gasteiger partial charge >= 0.3 is 0 Å². The lowest BCUT2D eigenvalue weighted by atomic mass is 9.96. The molecular formula is C19H28N4O2. The molecule has 1 aromatic carbocycles. The molecule has 0 radical (unpaired) electrons. The second kappa shape index (κ2) is 7.41. The van der Waals surface area contributed by atoms with Crippen molar-refractivity contribution >= 4 is 5.91 Å². The van der Waals surface area contributed by atoms with Crippen LogP contribution in [0.3, 0.4) is 0 Å². The summed E-state index contributed by atoms with van der Waals surface area (Å²) in [6.07, 6.45) is 3.07. The van der Waals surface area contributed by atoms with E-state index < -0.39 is 6.10 Å². The molecule has 4 rings (SSSR count). The first-order chi connectivity index (χ1) is 12.2. The number of β-amino-alcohol motifs (C(OH)–C–C–N with tert-alkyl or cyclic N) is 1. The van der Waals surface area contributed by atoms with Crippen molar-refractivity contribution in [3.05, 3.63) is 35.9 Å². The number of carbonyl (C=O) groups is 1. The minimum absolute atomic E-state index is 0.0611. The Hall–Kier alpha value is -1.47. The quantitative estimate of drug-likeness (QED) is 0.743. The molecule has 1 amide bonds. The van der Waals surface area contributed by atoms with Crippen LogP contribution in [0.25, 0.3) is 0 Å². The topological polar surface area (TPSA) is 67.8 Å². The molecule has 4 atom stereocenters. The number of nitrogens with zero attached hydrogens (tertiary/aromatic N) is 2. The van der Waals surface area contributed by atoms with Gasteiger partial charge in [0, 0.05) is 44.7 Å². The van der Waals surface area contributed by atoms with Crippen molar-refractivity contribution in [2.24, 2.45) is 5.92 Å². The average Bonchev–Trinajstić information content (AvgIpc) is 3.26. The van der Waals surface area contributed by atoms with E-state index in [2.05, 4.69) is 15.8 Å². The van der Waals surface area contributed by atoms with Crippen LogP contribution in [0.5, 0.6) is 0 Å². The molecule has 2 heterocycles. The number of aliphatic hydroxyl groups is 1. The Kier molecular flexibility index (Phi) is 5.03. The molecule has 1 aromatic rings. The Morgan fingerprint density at radius 3 is 2.64 bits per heavy atom. The number of amides is 1. The lowest BCUT2D eigenvalue weighted by Gasteiger charge is -2.37. The van der Waals surface area contributed by atoms with Crippen molar-refractivity contribution in [1.29, 1.82) is 0 Å². The van der Waals surface area contributed by atoms with Gasteiger partial charge in [-0.15, -0.1) is 0 Å². The fourth-order valence-corrected chi connectivity index (χ4v) is 4.49. The number of aliphatic hydroxyl groups excluding tert-OH is 1. The molecule has 0 spiro atoms. The maximum absolute atomic E-state index is 12.8. The highest BCUT2D eigenvalue weighted by Gasteiger charge is 2.44. The first-order valence-corrected chi connectivity index (χ1v) is 9.47. The van der Waals surface area contributed by atoms with Crippen molar-refractivity contribution in [2.75, 3.05) is 32.7 Å². The molecule has 3 N–H and O–H groups in total. The second-order valence-corrected chi connectivity index (χ2v) is 7.52. The van der Waals surface area contributed by atoms with Gasteiger partial charge in [-0.1, -0.05) is 36.8 Å². The number of hydrogen-bond donors (Lipinski definition) is 3. The predicted molar refractivity (Wildman–Crippen MR) is 95.6 cm³/mol. The van der Waals surface area contributed by atoms with Crippen molar-refractivity contribution < 1.29 is 9.90 Å². The minimum Gasteiger partial charge on any atom is -0.387 e. The van der Waals surface area contributed by atoms with E-state index in [1.807, 2.05) is 35.2 Å². The Bertz CT molecular complexity index is 588. The molecule has 6 heteroatoms. The zero-order valence-corrected chi connectivity index (χ0v) is 14.6. The van der Waals surface area contributed by atoms with Gasteiger partial charge in [0.1, 0.15) is 6.04 Å². The maximum Gasteiger partial charge on any atom is 0.241 e. The molecule has 3 aliphatic rings. The maximum atomic E-state index is 12.8. The predicted octanol–water partition coefficient (Wildman–Crippen LogP) is 0.509. The van der Waals surface area contributed by atoms with E-state index in [0.717, 1.165) is 38.2 Å². The highest BCUT2D eigenvalue weighted by molar-refractivity contribution is 5.82. The molecule has 0 bridgehead atoms. The van der Waals surface area contributed by atoms with E-state index >= 15 is 0 Å². The number of fused-ring (bicyclic) bond motifs is 1. The van der Waals surface area contributed by atoms with Gasteiger partial charge in [0.15, 0.2) is 0 Å². The third-order valence-corrected chi connectivity index (χ3v) is 5.99. The van der Waals surface area contributed by atoms with Gasteiger partial charge in [-0.25, -0.2) is 5.43 Å². The van der Waals surface area contributed by atoms with Gasteiger partial charge in [-0.3, -0.25) is 15.1 Å². The van der Waals surface area contributed by atoms with Gasteiger partial charge in [-0.05, 0) is 18.4 Å². The molecule has 3 fully saturated rings. The fourth-order valence-electron chi connectivity index (χ4n) is 4.49. The number of rotatable bonds is 4. The third-order valence-electron chi connectivity index (χ3n) is 5.99. The third kappa shape index (κ3) is 3.58. The number of benzene rings is 1. The summed E-state index contributed by atoms with van der Waals surface area (Å²) in [6, 6.07) is 10.2. The molecule has 6 nitrogen and oxygen atoms in total. The number of hydrogen-bond acceptors (Lipinski definition) is 5. The standard InChI is InChI=1S/C19H28N4O2/c24-17(14-5-2-1-3-6-14)13-22-9-11-23(12-10-22)19(25)18-15-7-4-8-16(15)20-21-18/h1-3,5-6,15-18,20-21,24H,4,7-13H2. The molecule has 2 saturated heterocycles. The number of hydrazine groups is 1. The van der Waals surface area contributed by atoms with Crippen LogP contribution in [0, 0.1) is 5.92 Å². The van der Waals surface area contributed by atoms with Crippen molar-refractivity contribution in [1.82, 2.24) is 20.7 Å². The first-order valence-electron chi connectivity index (χ1n) is 9.47. The van der Waals surface area contributed by atoms with Crippen molar-refractivity contribution in [2.45, 2.75) is 37.5 Å². The molecule has 25 heavy (non-hydrogen) atoms. The molecule has 136 valence electrons. The Labute approximate surface area is 149 Å². The van der Waals surface area contributed by atoms with E-state index in [4.69, 9.17) is 0 Å². The van der Waals surface area contributed by atoms with E-state index in [1.165, 1.54) is 12.8 Å². The minimum atomic E-state index is -0.469. The summed E-state index contributed by atoms with van der Waals surface area (Å²) in [5, 5.41) is 10.4. The molecule has 1 saturated carbocycles. The van der Waals surface area contributed by atoms with Crippen LogP contribution in [0.15, 0.2) is 30.3 Å². The van der Waals surface area contributed by atoms with Crippen molar-refractivity contribution in [3.8, 4) is 0 Å². The summed E-state index contributed by atoms with van der Waals surface area (Å²) < 4.78 is 0. The van der Waals surface area contributed by atoms with Gasteiger partial charge in [0.2, 0.25) is 5.91 Å². The van der Waals surface area contributed by atoms with Crippen LogP contribution in [0.2, 0.25) is 0 Å². The van der Waals surface area contributed by atoms with Crippen LogP contribution in [-0.4, -0.2) is 65.6 Å². The smallest absolute Gasteiger partial charge is 0.241 e. The Morgan fingerprint density at radius 2 is 1.88 bits per heavy atom. The van der Waals surface area contributed by atoms with E-state index in [1.54, 1.807) is 0 Å². The van der Waals surface area contributed by atoms with E-state index in [-0.39, 0.29) is 11.9 Å². The molecular weight excluding hydrogens is 316 g/mol. The van der Waals surface area contributed by atoms with Gasteiger partial charge in [0.25, 0.3) is 0 Å². The zero-order valence-electron chi connectivity index (χ0n) is 14.6. The van der Waals surface area contributed by atoms with Crippen LogP contribution in [-0.2, 0) is 4.79 Å². The molecule has 1 aliphatic carbocycles. The number of carbonyl (C=O) groups excluding carboxylic acids is 1. The van der Waals surface area contributed by atoms with Crippen molar-refractivity contribution in [3.63, 3.8) is 0 Å². The second-order valence-electron chi connectivity index (χ2n) is 7.52. The molecule has 4 unspecified atom stereocenters. The lowest BCUT2D eigenvalue weighted by Crippen LogP contribution is -2.55. The average molecular weight is 344 g/mol. The van der Waals surface area contributed by atoms with Crippen LogP contribution in [0.4, 0.5) is 0 Å². The summed E-state index contributed by atoms with van der Waals surface area (Å²) in [5.41, 5.74) is 7.48. The monoisotopic (exact) mass is 344 g/mol.